The van der Waals surface area contributed by atoms with Gasteiger partial charge in [-0.05, 0) is 25.5 Å². The van der Waals surface area contributed by atoms with Crippen LogP contribution < -0.4 is 5.32 Å². The Labute approximate surface area is 164 Å². The lowest BCUT2D eigenvalue weighted by molar-refractivity contribution is -0.139. The summed E-state index contributed by atoms with van der Waals surface area (Å²) in [7, 11) is 0. The molecule has 6 nitrogen and oxygen atoms in total. The number of aromatic nitrogens is 2. The van der Waals surface area contributed by atoms with E-state index in [-0.39, 0.29) is 12.6 Å². The van der Waals surface area contributed by atoms with Crippen LogP contribution in [0.1, 0.15) is 19.8 Å². The van der Waals surface area contributed by atoms with E-state index in [9.17, 15) is 4.79 Å². The van der Waals surface area contributed by atoms with Crippen LogP contribution >= 0.6 is 0 Å². The smallest absolute Gasteiger partial charge is 0.317 e. The van der Waals surface area contributed by atoms with Crippen LogP contribution in [0.15, 0.2) is 54.6 Å². The predicted molar refractivity (Wildman–Crippen MR) is 110 cm³/mol. The van der Waals surface area contributed by atoms with Crippen LogP contribution in [0.2, 0.25) is 0 Å². The molecule has 1 heterocycles. The largest absolute Gasteiger partial charge is 0.480 e. The lowest BCUT2D eigenvalue weighted by Crippen LogP contribution is -2.51. The summed E-state index contributed by atoms with van der Waals surface area (Å²) in [4.78, 5) is 22.5. The number of carboxylic acid groups (broad SMARTS) is 1. The van der Waals surface area contributed by atoms with E-state index in [1.807, 2.05) is 54.3 Å². The quantitative estimate of drug-likeness (QED) is 0.655. The van der Waals surface area contributed by atoms with Crippen LogP contribution in [-0.2, 0) is 4.79 Å². The highest BCUT2D eigenvalue weighted by Crippen LogP contribution is 2.30. The fourth-order valence-corrected chi connectivity index (χ4v) is 3.82. The van der Waals surface area contributed by atoms with Gasteiger partial charge in [-0.2, -0.15) is 0 Å². The summed E-state index contributed by atoms with van der Waals surface area (Å²) in [5.74, 6) is -0.147. The molecular weight excluding hydrogens is 352 g/mol. The van der Waals surface area contributed by atoms with Gasteiger partial charge in [0.1, 0.15) is 0 Å². The molecule has 1 aliphatic rings. The molecule has 0 unspecified atom stereocenters. The number of aliphatic carboxylic acids is 1. The molecule has 2 aromatic carbocycles. The predicted octanol–water partition coefficient (Wildman–Crippen LogP) is 3.65. The van der Waals surface area contributed by atoms with Crippen molar-refractivity contribution < 1.29 is 9.90 Å². The second kappa shape index (κ2) is 7.94. The van der Waals surface area contributed by atoms with Gasteiger partial charge < -0.3 is 10.4 Å². The summed E-state index contributed by atoms with van der Waals surface area (Å²) >= 11 is 0. The fraction of sp³-hybridized carbons (Fsp3) is 0.318. The number of carbonyl (C=O) groups is 1. The molecule has 1 saturated carbocycles. The van der Waals surface area contributed by atoms with Gasteiger partial charge in [-0.3, -0.25) is 9.69 Å². The summed E-state index contributed by atoms with van der Waals surface area (Å²) in [5, 5.41) is 13.5. The van der Waals surface area contributed by atoms with Gasteiger partial charge in [0.25, 0.3) is 0 Å². The molecule has 0 spiro atoms. The molecule has 28 heavy (non-hydrogen) atoms. The minimum absolute atomic E-state index is 0.0958. The molecule has 6 heteroatoms. The lowest BCUT2D eigenvalue weighted by atomic mass is 9.85. The van der Waals surface area contributed by atoms with Crippen LogP contribution in [0.25, 0.3) is 22.2 Å². The molecule has 2 N–H and O–H groups in total. The van der Waals surface area contributed by atoms with Crippen molar-refractivity contribution in [2.24, 2.45) is 0 Å². The van der Waals surface area contributed by atoms with Crippen LogP contribution in [0.5, 0.6) is 0 Å². The Balaban J connectivity index is 1.54. The average Bonchev–Trinajstić information content (AvgIpc) is 2.68. The van der Waals surface area contributed by atoms with Gasteiger partial charge >= 0.3 is 5.97 Å². The van der Waals surface area contributed by atoms with Gasteiger partial charge in [0.2, 0.25) is 5.95 Å². The topological polar surface area (TPSA) is 78.4 Å². The van der Waals surface area contributed by atoms with Crippen LogP contribution in [0, 0.1) is 0 Å². The Morgan fingerprint density at radius 3 is 2.54 bits per heavy atom. The molecule has 0 radical (unpaired) electrons. The summed E-state index contributed by atoms with van der Waals surface area (Å²) in [6.45, 7) is 2.84. The van der Waals surface area contributed by atoms with Crippen molar-refractivity contribution in [3.05, 3.63) is 54.6 Å². The molecule has 0 amide bonds. The van der Waals surface area contributed by atoms with Crippen molar-refractivity contribution in [3.63, 3.8) is 0 Å². The minimum Gasteiger partial charge on any atom is -0.480 e. The van der Waals surface area contributed by atoms with Crippen molar-refractivity contribution in [3.8, 4) is 11.3 Å². The number of hydrogen-bond donors (Lipinski definition) is 2. The number of hydrogen-bond acceptors (Lipinski definition) is 5. The molecule has 144 valence electrons. The third kappa shape index (κ3) is 3.82. The van der Waals surface area contributed by atoms with E-state index in [0.29, 0.717) is 12.0 Å². The van der Waals surface area contributed by atoms with E-state index in [4.69, 9.17) is 15.1 Å². The van der Waals surface area contributed by atoms with Crippen molar-refractivity contribution in [2.75, 3.05) is 18.4 Å². The Morgan fingerprint density at radius 2 is 1.82 bits per heavy atom. The zero-order valence-corrected chi connectivity index (χ0v) is 15.9. The minimum atomic E-state index is -0.774. The zero-order chi connectivity index (χ0) is 19.5. The normalized spacial score (nSPS) is 18.8. The molecule has 3 aromatic rings. The first-order chi connectivity index (χ1) is 13.6. The monoisotopic (exact) mass is 376 g/mol. The highest BCUT2D eigenvalue weighted by molar-refractivity contribution is 5.93. The van der Waals surface area contributed by atoms with Crippen LogP contribution in [0.4, 0.5) is 5.95 Å². The van der Waals surface area contributed by atoms with E-state index < -0.39 is 5.97 Å². The third-order valence-electron chi connectivity index (χ3n) is 5.36. The summed E-state index contributed by atoms with van der Waals surface area (Å²) in [6.07, 6.45) is 1.80. The number of para-hydroxylation sites is 1. The number of likely N-dealkylation sites (N-methyl/N-ethyl adjacent to an activating group) is 1. The standard InChI is InChI=1S/C22H24N4O2/c1-2-26(14-20(27)28)17-12-16(13-17)23-22-24-19-11-7-6-10-18(19)21(25-22)15-8-4-3-5-9-15/h3-11,16-17H,2,12-14H2,1H3,(H,27,28)(H,23,24,25). The molecule has 1 aliphatic carbocycles. The Kier molecular flexibility index (Phi) is 5.21. The Morgan fingerprint density at radius 1 is 1.11 bits per heavy atom. The van der Waals surface area contributed by atoms with Crippen molar-refractivity contribution in [1.82, 2.24) is 14.9 Å². The van der Waals surface area contributed by atoms with Gasteiger partial charge in [0.15, 0.2) is 0 Å². The van der Waals surface area contributed by atoms with Crippen molar-refractivity contribution in [2.45, 2.75) is 31.8 Å². The van der Waals surface area contributed by atoms with Crippen LogP contribution in [0.3, 0.4) is 0 Å². The van der Waals surface area contributed by atoms with E-state index in [2.05, 4.69) is 17.4 Å². The summed E-state index contributed by atoms with van der Waals surface area (Å²) in [6, 6.07) is 18.7. The number of benzene rings is 2. The number of rotatable bonds is 7. The molecule has 1 aromatic heterocycles. The average molecular weight is 376 g/mol. The first-order valence-corrected chi connectivity index (χ1v) is 9.68. The van der Waals surface area contributed by atoms with Crippen LogP contribution in [-0.4, -0.2) is 51.1 Å². The highest BCUT2D eigenvalue weighted by atomic mass is 16.4. The third-order valence-corrected chi connectivity index (χ3v) is 5.36. The number of nitrogens with zero attached hydrogens (tertiary/aromatic N) is 3. The summed E-state index contributed by atoms with van der Waals surface area (Å²) < 4.78 is 0. The maximum atomic E-state index is 11.0. The number of carboxylic acids is 1. The van der Waals surface area contributed by atoms with Crippen molar-refractivity contribution in [1.29, 1.82) is 0 Å². The number of nitrogens with one attached hydrogen (secondary N) is 1. The number of fused-ring (bicyclic) bond motifs is 1. The lowest BCUT2D eigenvalue weighted by Gasteiger charge is -2.42. The molecule has 0 atom stereocenters. The second-order valence-electron chi connectivity index (χ2n) is 7.20. The summed E-state index contributed by atoms with van der Waals surface area (Å²) in [5.41, 5.74) is 2.90. The van der Waals surface area contributed by atoms with E-state index >= 15 is 0 Å². The fourth-order valence-electron chi connectivity index (χ4n) is 3.82. The van der Waals surface area contributed by atoms with Gasteiger partial charge in [-0.1, -0.05) is 55.5 Å². The van der Waals surface area contributed by atoms with E-state index in [1.54, 1.807) is 0 Å². The Bertz CT molecular complexity index is 971. The maximum Gasteiger partial charge on any atom is 0.317 e. The molecule has 1 fully saturated rings. The highest BCUT2D eigenvalue weighted by Gasteiger charge is 2.34. The van der Waals surface area contributed by atoms with Gasteiger partial charge in [0, 0.05) is 23.0 Å². The maximum absolute atomic E-state index is 11.0. The van der Waals surface area contributed by atoms with Gasteiger partial charge in [-0.25, -0.2) is 9.97 Å². The van der Waals surface area contributed by atoms with E-state index in [0.717, 1.165) is 41.5 Å². The van der Waals surface area contributed by atoms with Gasteiger partial charge in [0.05, 0.1) is 17.8 Å². The zero-order valence-electron chi connectivity index (χ0n) is 15.9. The molecule has 4 rings (SSSR count). The SMILES string of the molecule is CCN(CC(=O)O)C1CC(Nc2nc(-c3ccccc3)c3ccccc3n2)C1. The second-order valence-corrected chi connectivity index (χ2v) is 7.20. The van der Waals surface area contributed by atoms with Crippen molar-refractivity contribution >= 4 is 22.8 Å². The number of anilines is 1. The Hall–Kier alpha value is -2.99. The molecule has 0 saturated heterocycles. The van der Waals surface area contributed by atoms with E-state index in [1.165, 1.54) is 0 Å². The van der Waals surface area contributed by atoms with Gasteiger partial charge in [-0.15, -0.1) is 0 Å². The first-order valence-electron chi connectivity index (χ1n) is 9.68. The first kappa shape index (κ1) is 18.4. The molecular formula is C22H24N4O2. The molecule has 0 bridgehead atoms. The molecule has 0 aliphatic heterocycles.